The number of carboxylic acids is 1. The fourth-order valence-corrected chi connectivity index (χ4v) is 5.42. The molecule has 1 aromatic carbocycles. The van der Waals surface area contributed by atoms with Crippen LogP contribution in [-0.2, 0) is 17.9 Å². The van der Waals surface area contributed by atoms with Gasteiger partial charge in [0.1, 0.15) is 0 Å². The number of nitrogens with zero attached hydrogens (tertiary/aromatic N) is 2. The summed E-state index contributed by atoms with van der Waals surface area (Å²) in [7, 11) is 0. The molecule has 0 aromatic heterocycles. The minimum atomic E-state index is -0.739. The number of nitrogens with one attached hydrogen (secondary N) is 1. The summed E-state index contributed by atoms with van der Waals surface area (Å²) in [6.07, 6.45) is 5.05. The molecule has 1 saturated carbocycles. The van der Waals surface area contributed by atoms with E-state index < -0.39 is 11.4 Å². The third kappa shape index (κ3) is 4.13. The van der Waals surface area contributed by atoms with Gasteiger partial charge in [-0.3, -0.25) is 9.69 Å². The molecule has 4 rings (SSSR count). The van der Waals surface area contributed by atoms with Crippen molar-refractivity contribution in [1.29, 1.82) is 0 Å². The van der Waals surface area contributed by atoms with Crippen LogP contribution in [0.15, 0.2) is 24.3 Å². The first-order chi connectivity index (χ1) is 14.0. The number of fused-ring (bicyclic) bond motifs is 1. The molecule has 29 heavy (non-hydrogen) atoms. The number of piperidine rings is 1. The zero-order valence-corrected chi connectivity index (χ0v) is 17.4. The van der Waals surface area contributed by atoms with E-state index >= 15 is 0 Å². The van der Waals surface area contributed by atoms with Gasteiger partial charge in [-0.05, 0) is 61.7 Å². The lowest BCUT2D eigenvalue weighted by atomic mass is 9.81. The minimum absolute atomic E-state index is 0.0968. The summed E-state index contributed by atoms with van der Waals surface area (Å²) in [4.78, 5) is 28.8. The highest BCUT2D eigenvalue weighted by atomic mass is 16.4. The smallest absolute Gasteiger partial charge is 0.317 e. The SMILES string of the molecule is CC1CCN(Cc2ccccc2CNC(=O)N2C[C@@H]3CCC[C@@]3(C(=O)O)C2)CC1. The first-order valence-corrected chi connectivity index (χ1v) is 11.0. The summed E-state index contributed by atoms with van der Waals surface area (Å²) in [5.74, 6) is 0.172. The number of carbonyl (C=O) groups is 2. The number of rotatable bonds is 5. The molecule has 3 aliphatic rings. The standard InChI is InChI=1S/C23H33N3O3/c1-17-8-11-25(12-9-17)14-19-6-3-2-5-18(19)13-24-22(29)26-15-20-7-4-10-23(20,16-26)21(27)28/h2-3,5-6,17,20H,4,7-16H2,1H3,(H,24,29)(H,27,28)/t20-,23+/m0/s1. The van der Waals surface area contributed by atoms with E-state index in [0.29, 0.717) is 26.1 Å². The van der Waals surface area contributed by atoms with Gasteiger partial charge < -0.3 is 15.3 Å². The number of amides is 2. The molecule has 2 atom stereocenters. The van der Waals surface area contributed by atoms with E-state index in [-0.39, 0.29) is 11.9 Å². The Hall–Kier alpha value is -2.08. The maximum Gasteiger partial charge on any atom is 0.317 e. The molecule has 0 radical (unpaired) electrons. The van der Waals surface area contributed by atoms with Gasteiger partial charge in [-0.25, -0.2) is 4.79 Å². The Bertz CT molecular complexity index is 759. The van der Waals surface area contributed by atoms with E-state index in [0.717, 1.165) is 44.0 Å². The van der Waals surface area contributed by atoms with Crippen LogP contribution in [0.5, 0.6) is 0 Å². The molecular weight excluding hydrogens is 366 g/mol. The van der Waals surface area contributed by atoms with Crippen LogP contribution < -0.4 is 5.32 Å². The van der Waals surface area contributed by atoms with Gasteiger partial charge >= 0.3 is 12.0 Å². The van der Waals surface area contributed by atoms with Gasteiger partial charge in [0, 0.05) is 26.2 Å². The van der Waals surface area contributed by atoms with E-state index in [4.69, 9.17) is 0 Å². The maximum absolute atomic E-state index is 12.8. The second-order valence-corrected chi connectivity index (χ2v) is 9.32. The molecule has 158 valence electrons. The van der Waals surface area contributed by atoms with E-state index in [2.05, 4.69) is 35.3 Å². The van der Waals surface area contributed by atoms with E-state index in [1.165, 1.54) is 18.4 Å². The summed E-state index contributed by atoms with van der Waals surface area (Å²) in [5, 5.41) is 12.8. The minimum Gasteiger partial charge on any atom is -0.481 e. The molecule has 0 spiro atoms. The van der Waals surface area contributed by atoms with Crippen molar-refractivity contribution in [1.82, 2.24) is 15.1 Å². The summed E-state index contributed by atoms with van der Waals surface area (Å²) >= 11 is 0. The van der Waals surface area contributed by atoms with Gasteiger partial charge in [0.15, 0.2) is 0 Å². The van der Waals surface area contributed by atoms with Gasteiger partial charge in [-0.1, -0.05) is 37.6 Å². The largest absolute Gasteiger partial charge is 0.481 e. The summed E-state index contributed by atoms with van der Waals surface area (Å²) in [6, 6.07) is 8.18. The summed E-state index contributed by atoms with van der Waals surface area (Å²) < 4.78 is 0. The fraction of sp³-hybridized carbons (Fsp3) is 0.652. The Morgan fingerprint density at radius 1 is 1.17 bits per heavy atom. The van der Waals surface area contributed by atoms with Crippen molar-refractivity contribution >= 4 is 12.0 Å². The van der Waals surface area contributed by atoms with Crippen molar-refractivity contribution < 1.29 is 14.7 Å². The monoisotopic (exact) mass is 399 g/mol. The number of hydrogen-bond acceptors (Lipinski definition) is 3. The topological polar surface area (TPSA) is 72.9 Å². The fourth-order valence-electron chi connectivity index (χ4n) is 5.42. The van der Waals surface area contributed by atoms with E-state index in [1.807, 2.05) is 6.07 Å². The molecule has 6 heteroatoms. The molecule has 2 heterocycles. The van der Waals surface area contributed by atoms with Crippen LogP contribution in [0.2, 0.25) is 0 Å². The lowest BCUT2D eigenvalue weighted by molar-refractivity contribution is -0.149. The number of carbonyl (C=O) groups excluding carboxylic acids is 1. The average Bonchev–Trinajstić information content (AvgIpc) is 3.28. The quantitative estimate of drug-likeness (QED) is 0.797. The first kappa shape index (κ1) is 20.2. The average molecular weight is 400 g/mol. The number of urea groups is 1. The lowest BCUT2D eigenvalue weighted by Gasteiger charge is -2.30. The van der Waals surface area contributed by atoms with Crippen LogP contribution in [0.3, 0.4) is 0 Å². The molecule has 0 bridgehead atoms. The molecule has 2 amide bonds. The van der Waals surface area contributed by atoms with Gasteiger partial charge in [-0.15, -0.1) is 0 Å². The lowest BCUT2D eigenvalue weighted by Crippen LogP contribution is -2.41. The van der Waals surface area contributed by atoms with Crippen LogP contribution in [0.4, 0.5) is 4.79 Å². The third-order valence-electron chi connectivity index (χ3n) is 7.40. The molecule has 6 nitrogen and oxygen atoms in total. The molecule has 2 aliphatic heterocycles. The zero-order valence-electron chi connectivity index (χ0n) is 17.4. The highest BCUT2D eigenvalue weighted by Gasteiger charge is 2.55. The molecule has 2 saturated heterocycles. The van der Waals surface area contributed by atoms with Gasteiger partial charge in [0.2, 0.25) is 0 Å². The Labute approximate surface area is 173 Å². The van der Waals surface area contributed by atoms with E-state index in [1.54, 1.807) is 4.90 Å². The third-order valence-corrected chi connectivity index (χ3v) is 7.40. The zero-order chi connectivity index (χ0) is 20.4. The van der Waals surface area contributed by atoms with Crippen molar-refractivity contribution in [3.8, 4) is 0 Å². The van der Waals surface area contributed by atoms with Crippen molar-refractivity contribution in [2.45, 2.75) is 52.1 Å². The molecule has 1 aliphatic carbocycles. The van der Waals surface area contributed by atoms with Crippen LogP contribution in [0, 0.1) is 17.3 Å². The summed E-state index contributed by atoms with van der Waals surface area (Å²) in [5.41, 5.74) is 1.69. The molecule has 0 unspecified atom stereocenters. The number of likely N-dealkylation sites (tertiary alicyclic amines) is 2. The van der Waals surface area contributed by atoms with Crippen molar-refractivity contribution in [3.63, 3.8) is 0 Å². The second-order valence-electron chi connectivity index (χ2n) is 9.32. The van der Waals surface area contributed by atoms with Crippen molar-refractivity contribution in [2.24, 2.45) is 17.3 Å². The molecule has 3 fully saturated rings. The maximum atomic E-state index is 12.8. The number of benzene rings is 1. The predicted molar refractivity (Wildman–Crippen MR) is 111 cm³/mol. The van der Waals surface area contributed by atoms with Crippen LogP contribution in [-0.4, -0.2) is 53.1 Å². The molecular formula is C23H33N3O3. The molecule has 2 N–H and O–H groups in total. The summed E-state index contributed by atoms with van der Waals surface area (Å²) in [6.45, 7) is 6.90. The van der Waals surface area contributed by atoms with Gasteiger partial charge in [0.25, 0.3) is 0 Å². The second kappa shape index (κ2) is 8.34. The van der Waals surface area contributed by atoms with Gasteiger partial charge in [-0.2, -0.15) is 0 Å². The van der Waals surface area contributed by atoms with Crippen LogP contribution in [0.1, 0.15) is 50.2 Å². The molecule has 1 aromatic rings. The van der Waals surface area contributed by atoms with Crippen molar-refractivity contribution in [3.05, 3.63) is 35.4 Å². The highest BCUT2D eigenvalue weighted by molar-refractivity contribution is 5.80. The Balaban J connectivity index is 1.35. The normalized spacial score (nSPS) is 27.8. The number of hydrogen-bond donors (Lipinski definition) is 2. The Morgan fingerprint density at radius 2 is 1.90 bits per heavy atom. The van der Waals surface area contributed by atoms with E-state index in [9.17, 15) is 14.7 Å². The van der Waals surface area contributed by atoms with Crippen LogP contribution >= 0.6 is 0 Å². The Kier molecular flexibility index (Phi) is 5.81. The highest BCUT2D eigenvalue weighted by Crippen LogP contribution is 2.48. The van der Waals surface area contributed by atoms with Crippen molar-refractivity contribution in [2.75, 3.05) is 26.2 Å². The number of carboxylic acid groups (broad SMARTS) is 1. The van der Waals surface area contributed by atoms with Gasteiger partial charge in [0.05, 0.1) is 5.41 Å². The number of aliphatic carboxylic acids is 1. The first-order valence-electron chi connectivity index (χ1n) is 11.0. The van der Waals surface area contributed by atoms with Crippen LogP contribution in [0.25, 0.3) is 0 Å². The predicted octanol–water partition coefficient (Wildman–Crippen LogP) is 3.31. The Morgan fingerprint density at radius 3 is 2.59 bits per heavy atom.